The van der Waals surface area contributed by atoms with Gasteiger partial charge in [0.25, 0.3) is 5.91 Å². The van der Waals surface area contributed by atoms with Gasteiger partial charge in [-0.2, -0.15) is 0 Å². The van der Waals surface area contributed by atoms with Crippen molar-refractivity contribution in [1.29, 1.82) is 0 Å². The van der Waals surface area contributed by atoms with Gasteiger partial charge in [0.1, 0.15) is 5.60 Å². The molecule has 2 N–H and O–H groups in total. The predicted octanol–water partition coefficient (Wildman–Crippen LogP) is 5.59. The first kappa shape index (κ1) is 25.7. The van der Waals surface area contributed by atoms with Crippen molar-refractivity contribution in [2.75, 3.05) is 12.4 Å². The minimum atomic E-state index is -0.576. The zero-order valence-corrected chi connectivity index (χ0v) is 20.9. The standard InChI is InChI=1S/C28H32N2O5/c1-6-18-10-11-20(19-12-14-22(15-13-19)30-27(33)35-28(2,3)4)17-24(18)25(31)29-23-9-7-8-21(16-23)26(32)34-5/h6,9,11-17H,7-8,10H2,1-5H3,(H,29,31)(H,30,33). The van der Waals surface area contributed by atoms with E-state index in [-0.39, 0.29) is 11.9 Å². The average molecular weight is 477 g/mol. The van der Waals surface area contributed by atoms with Crippen LogP contribution in [0.4, 0.5) is 10.5 Å². The van der Waals surface area contributed by atoms with Gasteiger partial charge in [-0.05, 0) is 88.0 Å². The van der Waals surface area contributed by atoms with Gasteiger partial charge in [-0.25, -0.2) is 9.59 Å². The summed E-state index contributed by atoms with van der Waals surface area (Å²) in [6.07, 6.45) is 10.8. The maximum Gasteiger partial charge on any atom is 0.412 e. The van der Waals surface area contributed by atoms with Crippen molar-refractivity contribution in [1.82, 2.24) is 5.32 Å². The minimum absolute atomic E-state index is 0.236. The summed E-state index contributed by atoms with van der Waals surface area (Å²) in [6.45, 7) is 7.33. The molecule has 1 aromatic carbocycles. The first-order valence-electron chi connectivity index (χ1n) is 11.6. The van der Waals surface area contributed by atoms with Crippen LogP contribution in [0.1, 0.15) is 52.5 Å². The van der Waals surface area contributed by atoms with Crippen molar-refractivity contribution in [2.45, 2.75) is 52.6 Å². The van der Waals surface area contributed by atoms with Gasteiger partial charge in [0.05, 0.1) is 7.11 Å². The van der Waals surface area contributed by atoms with Crippen LogP contribution in [0.25, 0.3) is 5.57 Å². The normalized spacial score (nSPS) is 16.9. The molecule has 0 spiro atoms. The molecule has 35 heavy (non-hydrogen) atoms. The summed E-state index contributed by atoms with van der Waals surface area (Å²) in [7, 11) is 1.35. The molecule has 3 rings (SSSR count). The van der Waals surface area contributed by atoms with Gasteiger partial charge >= 0.3 is 12.1 Å². The number of anilines is 1. The lowest BCUT2D eigenvalue weighted by Gasteiger charge is -2.20. The van der Waals surface area contributed by atoms with Crippen LogP contribution in [0.5, 0.6) is 0 Å². The Morgan fingerprint density at radius 2 is 1.71 bits per heavy atom. The molecule has 2 amide bonds. The van der Waals surface area contributed by atoms with Crippen molar-refractivity contribution >= 4 is 29.2 Å². The van der Waals surface area contributed by atoms with Crippen LogP contribution < -0.4 is 10.6 Å². The van der Waals surface area contributed by atoms with E-state index in [4.69, 9.17) is 9.47 Å². The number of methoxy groups -OCH3 is 1. The topological polar surface area (TPSA) is 93.7 Å². The molecular formula is C28H32N2O5. The third kappa shape index (κ3) is 7.06. The van der Waals surface area contributed by atoms with Crippen molar-refractivity contribution in [2.24, 2.45) is 0 Å². The summed E-state index contributed by atoms with van der Waals surface area (Å²) in [6, 6.07) is 7.37. The fourth-order valence-electron chi connectivity index (χ4n) is 3.77. The molecule has 1 aromatic rings. The van der Waals surface area contributed by atoms with Gasteiger partial charge in [0, 0.05) is 22.5 Å². The van der Waals surface area contributed by atoms with E-state index in [2.05, 4.69) is 16.7 Å². The lowest BCUT2D eigenvalue weighted by Crippen LogP contribution is -2.27. The average Bonchev–Trinajstić information content (AvgIpc) is 2.82. The Labute approximate surface area is 206 Å². The highest BCUT2D eigenvalue weighted by atomic mass is 16.6. The lowest BCUT2D eigenvalue weighted by atomic mass is 9.90. The maximum atomic E-state index is 13.2. The molecule has 0 saturated heterocycles. The third-order valence-corrected chi connectivity index (χ3v) is 5.46. The summed E-state index contributed by atoms with van der Waals surface area (Å²) in [5.74, 6) is -0.619. The second kappa shape index (κ2) is 11.0. The summed E-state index contributed by atoms with van der Waals surface area (Å²) >= 11 is 0. The van der Waals surface area contributed by atoms with Crippen LogP contribution in [0, 0.1) is 0 Å². The largest absolute Gasteiger partial charge is 0.466 e. The monoisotopic (exact) mass is 476 g/mol. The Hall–Kier alpha value is -3.87. The van der Waals surface area contributed by atoms with Crippen molar-refractivity contribution in [3.8, 4) is 0 Å². The van der Waals surface area contributed by atoms with E-state index in [1.807, 2.05) is 58.1 Å². The Bertz CT molecular complexity index is 1160. The Morgan fingerprint density at radius 3 is 2.34 bits per heavy atom. The molecule has 7 nitrogen and oxygen atoms in total. The lowest BCUT2D eigenvalue weighted by molar-refractivity contribution is -0.136. The highest BCUT2D eigenvalue weighted by molar-refractivity contribution is 6.03. The molecule has 0 aromatic heterocycles. The Morgan fingerprint density at radius 1 is 1.00 bits per heavy atom. The van der Waals surface area contributed by atoms with Crippen molar-refractivity contribution in [3.05, 3.63) is 82.6 Å². The number of allylic oxidation sites excluding steroid dienone is 6. The molecule has 0 bridgehead atoms. The van der Waals surface area contributed by atoms with Crippen LogP contribution in [-0.4, -0.2) is 30.7 Å². The number of benzene rings is 1. The SMILES string of the molecule is CC=C1CC=C(c2ccc(NC(=O)OC(C)(C)C)cc2)C=C1C(=O)NC1=CCCC(C(=O)OC)=C1. The molecule has 2 aliphatic carbocycles. The summed E-state index contributed by atoms with van der Waals surface area (Å²) < 4.78 is 10.1. The molecule has 0 heterocycles. The molecule has 2 aliphatic rings. The molecule has 7 heteroatoms. The van der Waals surface area contributed by atoms with Crippen molar-refractivity contribution < 1.29 is 23.9 Å². The van der Waals surface area contributed by atoms with E-state index in [1.54, 1.807) is 18.2 Å². The second-order valence-corrected chi connectivity index (χ2v) is 9.25. The van der Waals surface area contributed by atoms with Gasteiger partial charge in [-0.1, -0.05) is 30.4 Å². The minimum Gasteiger partial charge on any atom is -0.466 e. The quantitative estimate of drug-likeness (QED) is 0.541. The van der Waals surface area contributed by atoms with Crippen LogP contribution in [-0.2, 0) is 19.1 Å². The highest BCUT2D eigenvalue weighted by Crippen LogP contribution is 2.30. The molecule has 0 fully saturated rings. The number of nitrogens with one attached hydrogen (secondary N) is 2. The zero-order valence-electron chi connectivity index (χ0n) is 20.9. The number of rotatable bonds is 5. The van der Waals surface area contributed by atoms with Crippen LogP contribution in [0.3, 0.4) is 0 Å². The molecule has 0 atom stereocenters. The van der Waals surface area contributed by atoms with E-state index in [1.165, 1.54) is 7.11 Å². The fourth-order valence-corrected chi connectivity index (χ4v) is 3.77. The zero-order chi connectivity index (χ0) is 25.6. The summed E-state index contributed by atoms with van der Waals surface area (Å²) in [4.78, 5) is 37.0. The number of carbonyl (C=O) groups is 3. The predicted molar refractivity (Wildman–Crippen MR) is 136 cm³/mol. The van der Waals surface area contributed by atoms with Crippen LogP contribution in [0.15, 0.2) is 77.1 Å². The van der Waals surface area contributed by atoms with E-state index < -0.39 is 11.7 Å². The molecular weight excluding hydrogens is 444 g/mol. The third-order valence-electron chi connectivity index (χ3n) is 5.46. The molecule has 0 saturated carbocycles. The van der Waals surface area contributed by atoms with Gasteiger partial charge in [-0.15, -0.1) is 0 Å². The Balaban J connectivity index is 1.75. The Kier molecular flexibility index (Phi) is 8.12. The van der Waals surface area contributed by atoms with Gasteiger partial charge in [0.15, 0.2) is 0 Å². The van der Waals surface area contributed by atoms with Gasteiger partial charge in [0.2, 0.25) is 0 Å². The molecule has 184 valence electrons. The van der Waals surface area contributed by atoms with Crippen LogP contribution >= 0.6 is 0 Å². The number of hydrogen-bond donors (Lipinski definition) is 2. The number of carbonyl (C=O) groups excluding carboxylic acids is 3. The van der Waals surface area contributed by atoms with E-state index in [9.17, 15) is 14.4 Å². The van der Waals surface area contributed by atoms with Gasteiger partial charge in [-0.3, -0.25) is 10.1 Å². The molecule has 0 unspecified atom stereocenters. The van der Waals surface area contributed by atoms with Gasteiger partial charge < -0.3 is 14.8 Å². The smallest absolute Gasteiger partial charge is 0.412 e. The number of hydrogen-bond acceptors (Lipinski definition) is 5. The maximum absolute atomic E-state index is 13.2. The highest BCUT2D eigenvalue weighted by Gasteiger charge is 2.21. The van der Waals surface area contributed by atoms with E-state index in [0.717, 1.165) is 16.7 Å². The number of amides is 2. The number of ether oxygens (including phenoxy) is 2. The van der Waals surface area contributed by atoms with E-state index >= 15 is 0 Å². The second-order valence-electron chi connectivity index (χ2n) is 9.25. The van der Waals surface area contributed by atoms with Crippen LogP contribution in [0.2, 0.25) is 0 Å². The molecule has 0 aliphatic heterocycles. The first-order valence-corrected chi connectivity index (χ1v) is 11.6. The molecule has 0 radical (unpaired) electrons. The first-order chi connectivity index (χ1) is 16.6. The summed E-state index contributed by atoms with van der Waals surface area (Å²) in [5.41, 5.74) is 4.49. The van der Waals surface area contributed by atoms with E-state index in [0.29, 0.717) is 41.8 Å². The van der Waals surface area contributed by atoms with Crippen molar-refractivity contribution in [3.63, 3.8) is 0 Å². The fraction of sp³-hybridized carbons (Fsp3) is 0.321. The summed E-state index contributed by atoms with van der Waals surface area (Å²) in [5, 5.41) is 5.64. The number of esters is 1.